The molecule has 1 aromatic carbocycles. The van der Waals surface area contributed by atoms with Gasteiger partial charge in [0.05, 0.1) is 5.41 Å². The first kappa shape index (κ1) is 16.3. The van der Waals surface area contributed by atoms with Gasteiger partial charge in [-0.1, -0.05) is 50.3 Å². The van der Waals surface area contributed by atoms with Gasteiger partial charge in [-0.3, -0.25) is 4.79 Å². The molecule has 0 saturated heterocycles. The van der Waals surface area contributed by atoms with Crippen molar-refractivity contribution in [3.05, 3.63) is 42.0 Å². The maximum atomic E-state index is 13.2. The molecule has 1 fully saturated rings. The standard InChI is InChI=1S/C20H28N2O/c1-15(2)20(11-8-18(21)14-20)19(23)22-12-9-17(10-13-22)16-6-4-3-5-7-16/h3-7,9,15,18H,8,10-14,21H2,1-2H3/t18?,20-/m0/s1. The molecule has 1 aliphatic carbocycles. The van der Waals surface area contributed by atoms with E-state index in [1.807, 2.05) is 11.0 Å². The van der Waals surface area contributed by atoms with Crippen LogP contribution < -0.4 is 5.73 Å². The Bertz CT molecular complexity index is 593. The molecule has 1 heterocycles. The van der Waals surface area contributed by atoms with E-state index in [1.165, 1.54) is 11.1 Å². The zero-order chi connectivity index (χ0) is 16.4. The van der Waals surface area contributed by atoms with Gasteiger partial charge in [0.25, 0.3) is 0 Å². The van der Waals surface area contributed by atoms with Gasteiger partial charge in [-0.25, -0.2) is 0 Å². The van der Waals surface area contributed by atoms with Crippen LogP contribution in [0.3, 0.4) is 0 Å². The first-order chi connectivity index (χ1) is 11.0. The van der Waals surface area contributed by atoms with Crippen LogP contribution >= 0.6 is 0 Å². The highest BCUT2D eigenvalue weighted by molar-refractivity contribution is 5.84. The normalized spacial score (nSPS) is 28.1. The molecule has 3 rings (SSSR count). The fourth-order valence-corrected chi connectivity index (χ4v) is 4.16. The molecule has 0 radical (unpaired) electrons. The van der Waals surface area contributed by atoms with Crippen LogP contribution in [0.2, 0.25) is 0 Å². The largest absolute Gasteiger partial charge is 0.338 e. The van der Waals surface area contributed by atoms with Crippen LogP contribution in [0.15, 0.2) is 36.4 Å². The van der Waals surface area contributed by atoms with Crippen LogP contribution in [0.4, 0.5) is 0 Å². The summed E-state index contributed by atoms with van der Waals surface area (Å²) in [6.07, 6.45) is 5.92. The summed E-state index contributed by atoms with van der Waals surface area (Å²) < 4.78 is 0. The summed E-state index contributed by atoms with van der Waals surface area (Å²) in [6, 6.07) is 10.7. The number of hydrogen-bond donors (Lipinski definition) is 1. The molecular formula is C20H28N2O. The Morgan fingerprint density at radius 3 is 2.57 bits per heavy atom. The van der Waals surface area contributed by atoms with Gasteiger partial charge in [0.2, 0.25) is 5.91 Å². The summed E-state index contributed by atoms with van der Waals surface area (Å²) in [4.78, 5) is 15.2. The molecule has 2 atom stereocenters. The van der Waals surface area contributed by atoms with Crippen LogP contribution in [0.25, 0.3) is 5.57 Å². The molecule has 0 aromatic heterocycles. The number of nitrogens with two attached hydrogens (primary N) is 1. The van der Waals surface area contributed by atoms with Gasteiger partial charge in [0.15, 0.2) is 0 Å². The predicted octanol–water partition coefficient (Wildman–Crippen LogP) is 3.46. The second-order valence-electron chi connectivity index (χ2n) is 7.41. The minimum Gasteiger partial charge on any atom is -0.338 e. The molecule has 3 nitrogen and oxygen atoms in total. The van der Waals surface area contributed by atoms with Crippen molar-refractivity contribution >= 4 is 11.5 Å². The fourth-order valence-electron chi connectivity index (χ4n) is 4.16. The molecule has 1 aliphatic heterocycles. The third-order valence-corrected chi connectivity index (χ3v) is 5.76. The van der Waals surface area contributed by atoms with E-state index < -0.39 is 0 Å². The van der Waals surface area contributed by atoms with Gasteiger partial charge in [0.1, 0.15) is 0 Å². The second kappa shape index (κ2) is 6.48. The van der Waals surface area contributed by atoms with Gasteiger partial charge >= 0.3 is 0 Å². The topological polar surface area (TPSA) is 46.3 Å². The third kappa shape index (κ3) is 3.07. The van der Waals surface area contributed by atoms with E-state index in [4.69, 9.17) is 5.73 Å². The Morgan fingerprint density at radius 2 is 2.04 bits per heavy atom. The van der Waals surface area contributed by atoms with Crippen LogP contribution in [0.1, 0.15) is 45.1 Å². The average molecular weight is 312 g/mol. The molecule has 0 spiro atoms. The van der Waals surface area contributed by atoms with E-state index in [0.29, 0.717) is 11.8 Å². The zero-order valence-corrected chi connectivity index (χ0v) is 14.3. The fraction of sp³-hybridized carbons (Fsp3) is 0.550. The summed E-state index contributed by atoms with van der Waals surface area (Å²) in [5.74, 6) is 0.673. The molecule has 0 bridgehead atoms. The lowest BCUT2D eigenvalue weighted by atomic mass is 9.74. The zero-order valence-electron chi connectivity index (χ0n) is 14.3. The maximum Gasteiger partial charge on any atom is 0.229 e. The monoisotopic (exact) mass is 312 g/mol. The number of carbonyl (C=O) groups is 1. The van der Waals surface area contributed by atoms with E-state index in [9.17, 15) is 4.79 Å². The van der Waals surface area contributed by atoms with Crippen LogP contribution in [0.5, 0.6) is 0 Å². The molecule has 2 aliphatic rings. The highest BCUT2D eigenvalue weighted by Crippen LogP contribution is 2.45. The van der Waals surface area contributed by atoms with E-state index in [0.717, 1.165) is 38.8 Å². The van der Waals surface area contributed by atoms with E-state index >= 15 is 0 Å². The molecule has 1 unspecified atom stereocenters. The highest BCUT2D eigenvalue weighted by atomic mass is 16.2. The molecule has 3 heteroatoms. The Hall–Kier alpha value is -1.61. The van der Waals surface area contributed by atoms with Crippen molar-refractivity contribution in [3.63, 3.8) is 0 Å². The van der Waals surface area contributed by atoms with Gasteiger partial charge < -0.3 is 10.6 Å². The first-order valence-electron chi connectivity index (χ1n) is 8.82. The van der Waals surface area contributed by atoms with E-state index in [1.54, 1.807) is 0 Å². The summed E-state index contributed by atoms with van der Waals surface area (Å²) >= 11 is 0. The van der Waals surface area contributed by atoms with E-state index in [-0.39, 0.29) is 11.5 Å². The van der Waals surface area contributed by atoms with Gasteiger partial charge in [-0.05, 0) is 42.7 Å². The first-order valence-corrected chi connectivity index (χ1v) is 8.82. The molecule has 23 heavy (non-hydrogen) atoms. The SMILES string of the molecule is CC(C)[C@]1(C(=O)N2CC=C(c3ccccc3)CC2)CCC(N)C1. The number of hydrogen-bond acceptors (Lipinski definition) is 2. The highest BCUT2D eigenvalue weighted by Gasteiger charge is 2.48. The van der Waals surface area contributed by atoms with Crippen molar-refractivity contribution in [1.82, 2.24) is 4.90 Å². The molecule has 1 amide bonds. The maximum absolute atomic E-state index is 13.2. The minimum atomic E-state index is -0.239. The van der Waals surface area contributed by atoms with E-state index in [2.05, 4.69) is 44.2 Å². The van der Waals surface area contributed by atoms with Crippen molar-refractivity contribution < 1.29 is 4.79 Å². The number of amides is 1. The van der Waals surface area contributed by atoms with Crippen molar-refractivity contribution in [2.45, 2.75) is 45.6 Å². The summed E-state index contributed by atoms with van der Waals surface area (Å²) in [7, 11) is 0. The molecular weight excluding hydrogens is 284 g/mol. The number of carbonyl (C=O) groups excluding carboxylic acids is 1. The lowest BCUT2D eigenvalue weighted by Gasteiger charge is -2.38. The minimum absolute atomic E-state index is 0.182. The third-order valence-electron chi connectivity index (χ3n) is 5.76. The number of benzene rings is 1. The van der Waals surface area contributed by atoms with Crippen LogP contribution in [-0.2, 0) is 4.79 Å². The summed E-state index contributed by atoms with van der Waals surface area (Å²) in [6.45, 7) is 5.90. The number of rotatable bonds is 3. The molecule has 1 saturated carbocycles. The van der Waals surface area contributed by atoms with Gasteiger partial charge in [0, 0.05) is 19.1 Å². The molecule has 124 valence electrons. The van der Waals surface area contributed by atoms with Crippen LogP contribution in [0, 0.1) is 11.3 Å². The average Bonchev–Trinajstić information content (AvgIpc) is 2.98. The van der Waals surface area contributed by atoms with Crippen molar-refractivity contribution in [2.24, 2.45) is 17.1 Å². The Balaban J connectivity index is 1.74. The van der Waals surface area contributed by atoms with Crippen molar-refractivity contribution in [2.75, 3.05) is 13.1 Å². The van der Waals surface area contributed by atoms with Crippen molar-refractivity contribution in [1.29, 1.82) is 0 Å². The lowest BCUT2D eigenvalue weighted by Crippen LogP contribution is -2.47. The summed E-state index contributed by atoms with van der Waals surface area (Å²) in [5.41, 5.74) is 8.53. The van der Waals surface area contributed by atoms with Gasteiger partial charge in [-0.15, -0.1) is 0 Å². The molecule has 1 aromatic rings. The van der Waals surface area contributed by atoms with Crippen molar-refractivity contribution in [3.8, 4) is 0 Å². The quantitative estimate of drug-likeness (QED) is 0.929. The smallest absolute Gasteiger partial charge is 0.229 e. The van der Waals surface area contributed by atoms with Gasteiger partial charge in [-0.2, -0.15) is 0 Å². The Labute approximate surface area is 139 Å². The Kier molecular flexibility index (Phi) is 4.58. The predicted molar refractivity (Wildman–Crippen MR) is 94.7 cm³/mol. The Morgan fingerprint density at radius 1 is 1.30 bits per heavy atom. The second-order valence-corrected chi connectivity index (χ2v) is 7.41. The lowest BCUT2D eigenvalue weighted by molar-refractivity contribution is -0.144. The van der Waals surface area contributed by atoms with Crippen LogP contribution in [-0.4, -0.2) is 29.9 Å². The molecule has 2 N–H and O–H groups in total. The summed E-state index contributed by atoms with van der Waals surface area (Å²) in [5, 5.41) is 0. The number of nitrogens with zero attached hydrogens (tertiary/aromatic N) is 1.